The van der Waals surface area contributed by atoms with Gasteiger partial charge >= 0.3 is 0 Å². The molecule has 1 saturated heterocycles. The third kappa shape index (κ3) is 3.53. The van der Waals surface area contributed by atoms with Crippen molar-refractivity contribution >= 4 is 17.2 Å². The van der Waals surface area contributed by atoms with Crippen molar-refractivity contribution in [1.82, 2.24) is 15.5 Å². The molecule has 3 rings (SSSR count). The molecule has 23 heavy (non-hydrogen) atoms. The van der Waals surface area contributed by atoms with Crippen LogP contribution in [0.15, 0.2) is 16.0 Å². The van der Waals surface area contributed by atoms with E-state index in [0.29, 0.717) is 35.6 Å². The minimum Gasteiger partial charge on any atom is -0.495 e. The lowest BCUT2D eigenvalue weighted by Gasteiger charge is -2.28. The Hall–Kier alpha value is -1.93. The molecule has 3 heterocycles. The minimum absolute atomic E-state index is 0.191. The van der Waals surface area contributed by atoms with Gasteiger partial charge < -0.3 is 19.3 Å². The molecule has 1 N–H and O–H groups in total. The van der Waals surface area contributed by atoms with E-state index < -0.39 is 0 Å². The highest BCUT2D eigenvalue weighted by molar-refractivity contribution is 7.12. The zero-order valence-corrected chi connectivity index (χ0v) is 13.9. The summed E-state index contributed by atoms with van der Waals surface area (Å²) in [7, 11) is 1.55. The average Bonchev–Trinajstić information content (AvgIpc) is 3.21. The van der Waals surface area contributed by atoms with Crippen molar-refractivity contribution in [2.45, 2.75) is 25.8 Å². The molecule has 124 valence electrons. The molecule has 0 saturated carbocycles. The summed E-state index contributed by atoms with van der Waals surface area (Å²) in [5.74, 6) is 1.58. The van der Waals surface area contributed by atoms with Gasteiger partial charge in [-0.15, -0.1) is 11.3 Å². The number of methoxy groups -OCH3 is 1. The van der Waals surface area contributed by atoms with Gasteiger partial charge in [0, 0.05) is 13.2 Å². The highest BCUT2D eigenvalue weighted by Crippen LogP contribution is 2.31. The van der Waals surface area contributed by atoms with Crippen LogP contribution in [-0.2, 0) is 4.74 Å². The van der Waals surface area contributed by atoms with Crippen LogP contribution in [0.3, 0.4) is 0 Å². The van der Waals surface area contributed by atoms with E-state index >= 15 is 0 Å². The summed E-state index contributed by atoms with van der Waals surface area (Å²) in [5, 5.41) is 8.71. The molecule has 2 aromatic rings. The van der Waals surface area contributed by atoms with Gasteiger partial charge in [-0.1, -0.05) is 5.16 Å². The fraction of sp³-hybridized carbons (Fsp3) is 0.533. The first kappa shape index (κ1) is 15.9. The van der Waals surface area contributed by atoms with Crippen molar-refractivity contribution in [3.8, 4) is 5.75 Å². The molecule has 7 nitrogen and oxygen atoms in total. The van der Waals surface area contributed by atoms with Crippen LogP contribution in [0.4, 0.5) is 0 Å². The standard InChI is InChI=1S/C15H19N3O4S/c1-9-16-15(22-18-9)12(10-3-6-21-7-4-10)17-14(19)13-11(20-2)5-8-23-13/h5,8,10,12H,3-4,6-7H2,1-2H3,(H,17,19)/t12-/m0/s1. The summed E-state index contributed by atoms with van der Waals surface area (Å²) in [6, 6.07) is 1.46. The Morgan fingerprint density at radius 3 is 2.91 bits per heavy atom. The maximum Gasteiger partial charge on any atom is 0.265 e. The number of rotatable bonds is 5. The van der Waals surface area contributed by atoms with Gasteiger partial charge in [-0.3, -0.25) is 4.79 Å². The highest BCUT2D eigenvalue weighted by Gasteiger charge is 2.32. The van der Waals surface area contributed by atoms with Crippen LogP contribution in [0, 0.1) is 12.8 Å². The molecular formula is C15H19N3O4S. The number of hydrogen-bond acceptors (Lipinski definition) is 7. The Morgan fingerprint density at radius 2 is 2.26 bits per heavy atom. The van der Waals surface area contributed by atoms with E-state index in [1.54, 1.807) is 20.1 Å². The van der Waals surface area contributed by atoms with E-state index in [1.165, 1.54) is 11.3 Å². The van der Waals surface area contributed by atoms with E-state index in [-0.39, 0.29) is 17.9 Å². The first-order chi connectivity index (χ1) is 11.2. The van der Waals surface area contributed by atoms with Gasteiger partial charge in [-0.25, -0.2) is 0 Å². The summed E-state index contributed by atoms with van der Waals surface area (Å²) in [4.78, 5) is 17.5. The predicted octanol–water partition coefficient (Wildman–Crippen LogP) is 2.35. The normalized spacial score (nSPS) is 17.0. The SMILES string of the molecule is COc1ccsc1C(=O)N[C@H](c1nc(C)no1)C1CCOCC1. The molecule has 8 heteroatoms. The molecule has 1 fully saturated rings. The number of nitrogens with one attached hydrogen (secondary N) is 1. The number of ether oxygens (including phenoxy) is 2. The van der Waals surface area contributed by atoms with Gasteiger partial charge in [0.05, 0.1) is 7.11 Å². The Bertz CT molecular complexity index is 663. The average molecular weight is 337 g/mol. The minimum atomic E-state index is -0.320. The van der Waals surface area contributed by atoms with Crippen LogP contribution in [0.25, 0.3) is 0 Å². The smallest absolute Gasteiger partial charge is 0.265 e. The maximum absolute atomic E-state index is 12.6. The van der Waals surface area contributed by atoms with Gasteiger partial charge in [0.15, 0.2) is 5.82 Å². The number of amides is 1. The summed E-state index contributed by atoms with van der Waals surface area (Å²) < 4.78 is 15.9. The fourth-order valence-electron chi connectivity index (χ4n) is 2.70. The number of aryl methyl sites for hydroxylation is 1. The Morgan fingerprint density at radius 1 is 1.48 bits per heavy atom. The largest absolute Gasteiger partial charge is 0.495 e. The highest BCUT2D eigenvalue weighted by atomic mass is 32.1. The Kier molecular flexibility index (Phi) is 4.92. The second-order valence-electron chi connectivity index (χ2n) is 5.40. The van der Waals surface area contributed by atoms with E-state index in [2.05, 4.69) is 15.5 Å². The molecule has 2 aromatic heterocycles. The van der Waals surface area contributed by atoms with Crippen molar-refractivity contribution in [1.29, 1.82) is 0 Å². The van der Waals surface area contributed by atoms with E-state index in [9.17, 15) is 4.79 Å². The van der Waals surface area contributed by atoms with Crippen LogP contribution in [-0.4, -0.2) is 36.4 Å². The lowest BCUT2D eigenvalue weighted by Crippen LogP contribution is -2.36. The van der Waals surface area contributed by atoms with Crippen LogP contribution in [0.5, 0.6) is 5.75 Å². The molecule has 1 aliphatic rings. The van der Waals surface area contributed by atoms with E-state index in [0.717, 1.165) is 12.8 Å². The molecule has 0 unspecified atom stereocenters. The first-order valence-electron chi connectivity index (χ1n) is 7.49. The lowest BCUT2D eigenvalue weighted by molar-refractivity contribution is 0.0468. The molecule has 0 aromatic carbocycles. The third-order valence-corrected chi connectivity index (χ3v) is 4.78. The van der Waals surface area contributed by atoms with Crippen LogP contribution in [0.1, 0.15) is 40.3 Å². The Labute approximate surface area is 138 Å². The van der Waals surface area contributed by atoms with Crippen LogP contribution >= 0.6 is 11.3 Å². The zero-order valence-electron chi connectivity index (χ0n) is 13.1. The topological polar surface area (TPSA) is 86.5 Å². The van der Waals surface area contributed by atoms with Crippen molar-refractivity contribution < 1.29 is 18.8 Å². The number of thiophene rings is 1. The number of aromatic nitrogens is 2. The van der Waals surface area contributed by atoms with Crippen molar-refractivity contribution in [2.24, 2.45) is 5.92 Å². The zero-order chi connectivity index (χ0) is 16.2. The van der Waals surface area contributed by atoms with Crippen LogP contribution < -0.4 is 10.1 Å². The molecule has 1 amide bonds. The van der Waals surface area contributed by atoms with Gasteiger partial charge in [-0.2, -0.15) is 4.98 Å². The van der Waals surface area contributed by atoms with Gasteiger partial charge in [0.1, 0.15) is 16.7 Å². The van der Waals surface area contributed by atoms with Gasteiger partial charge in [-0.05, 0) is 37.1 Å². The summed E-state index contributed by atoms with van der Waals surface area (Å²) in [5.41, 5.74) is 0. The third-order valence-electron chi connectivity index (χ3n) is 3.89. The summed E-state index contributed by atoms with van der Waals surface area (Å²) >= 11 is 1.34. The number of hydrogen-bond donors (Lipinski definition) is 1. The Balaban J connectivity index is 1.82. The van der Waals surface area contributed by atoms with Gasteiger partial charge in [0.25, 0.3) is 5.91 Å². The molecule has 1 atom stereocenters. The van der Waals surface area contributed by atoms with Crippen molar-refractivity contribution in [2.75, 3.05) is 20.3 Å². The molecule has 0 radical (unpaired) electrons. The molecular weight excluding hydrogens is 318 g/mol. The number of carbonyl (C=O) groups is 1. The first-order valence-corrected chi connectivity index (χ1v) is 8.37. The molecule has 1 aliphatic heterocycles. The lowest BCUT2D eigenvalue weighted by atomic mass is 9.91. The quantitative estimate of drug-likeness (QED) is 0.901. The van der Waals surface area contributed by atoms with Crippen molar-refractivity contribution in [3.05, 3.63) is 28.0 Å². The van der Waals surface area contributed by atoms with Gasteiger partial charge in [0.2, 0.25) is 5.89 Å². The van der Waals surface area contributed by atoms with E-state index in [1.807, 2.05) is 5.38 Å². The van der Waals surface area contributed by atoms with Crippen molar-refractivity contribution in [3.63, 3.8) is 0 Å². The summed E-state index contributed by atoms with van der Waals surface area (Å²) in [6.07, 6.45) is 1.68. The van der Waals surface area contributed by atoms with E-state index in [4.69, 9.17) is 14.0 Å². The van der Waals surface area contributed by atoms with Crippen LogP contribution in [0.2, 0.25) is 0 Å². The molecule has 0 aliphatic carbocycles. The predicted molar refractivity (Wildman–Crippen MR) is 83.7 cm³/mol. The number of carbonyl (C=O) groups excluding carboxylic acids is 1. The second kappa shape index (κ2) is 7.10. The monoisotopic (exact) mass is 337 g/mol. The fourth-order valence-corrected chi connectivity index (χ4v) is 3.46. The molecule has 0 bridgehead atoms. The summed E-state index contributed by atoms with van der Waals surface area (Å²) in [6.45, 7) is 3.11. The molecule has 0 spiro atoms. The maximum atomic E-state index is 12.6. The second-order valence-corrected chi connectivity index (χ2v) is 6.31. The number of nitrogens with zero attached hydrogens (tertiary/aromatic N) is 2.